The summed E-state index contributed by atoms with van der Waals surface area (Å²) in [6.45, 7) is 14.7. The summed E-state index contributed by atoms with van der Waals surface area (Å²) in [6.07, 6.45) is 10.0. The average molecular weight is 337 g/mol. The molecular weight excluding hydrogens is 296 g/mol. The SMILES string of the molecule is CCOC(=O)CC(C)CCC1C(C)CCC2C(C)(C)CCCC12C. The molecule has 5 atom stereocenters. The van der Waals surface area contributed by atoms with E-state index in [1.807, 2.05) is 6.92 Å². The van der Waals surface area contributed by atoms with Crippen LogP contribution in [0.3, 0.4) is 0 Å². The number of hydrogen-bond donors (Lipinski definition) is 0. The average Bonchev–Trinajstić information content (AvgIpc) is 2.45. The highest BCUT2D eigenvalue weighted by molar-refractivity contribution is 5.69. The van der Waals surface area contributed by atoms with E-state index < -0.39 is 0 Å². The quantitative estimate of drug-likeness (QED) is 0.537. The van der Waals surface area contributed by atoms with Crippen molar-refractivity contribution in [3.05, 3.63) is 0 Å². The number of ether oxygens (including phenoxy) is 1. The van der Waals surface area contributed by atoms with Gasteiger partial charge in [-0.1, -0.05) is 47.5 Å². The van der Waals surface area contributed by atoms with Crippen molar-refractivity contribution in [3.63, 3.8) is 0 Å². The lowest BCUT2D eigenvalue weighted by atomic mass is 9.46. The van der Waals surface area contributed by atoms with Crippen LogP contribution >= 0.6 is 0 Å². The Hall–Kier alpha value is -0.530. The second-order valence-electron chi connectivity index (χ2n) is 9.75. The Balaban J connectivity index is 2.00. The number of rotatable bonds is 6. The monoisotopic (exact) mass is 336 g/mol. The molecule has 2 aliphatic rings. The Morgan fingerprint density at radius 3 is 2.58 bits per heavy atom. The van der Waals surface area contributed by atoms with Crippen molar-refractivity contribution >= 4 is 5.97 Å². The summed E-state index contributed by atoms with van der Waals surface area (Å²) in [7, 11) is 0. The molecule has 0 saturated heterocycles. The molecule has 24 heavy (non-hydrogen) atoms. The van der Waals surface area contributed by atoms with Crippen molar-refractivity contribution < 1.29 is 9.53 Å². The van der Waals surface area contributed by atoms with Crippen LogP contribution < -0.4 is 0 Å². The summed E-state index contributed by atoms with van der Waals surface area (Å²) >= 11 is 0. The van der Waals surface area contributed by atoms with Gasteiger partial charge < -0.3 is 4.74 Å². The van der Waals surface area contributed by atoms with Crippen LogP contribution in [0.1, 0.15) is 92.9 Å². The number of carbonyl (C=O) groups is 1. The van der Waals surface area contributed by atoms with Gasteiger partial charge >= 0.3 is 5.97 Å². The predicted molar refractivity (Wildman–Crippen MR) is 101 cm³/mol. The van der Waals surface area contributed by atoms with Crippen LogP contribution in [0.5, 0.6) is 0 Å². The standard InChI is InChI=1S/C22H40O2/c1-7-24-20(23)15-16(2)9-11-18-17(3)10-12-19-21(4,5)13-8-14-22(18,19)6/h16-19H,7-15H2,1-6H3. The zero-order valence-corrected chi connectivity index (χ0v) is 17.0. The van der Waals surface area contributed by atoms with Gasteiger partial charge in [-0.25, -0.2) is 0 Å². The molecule has 0 N–H and O–H groups in total. The molecule has 0 aromatic rings. The molecule has 5 unspecified atom stereocenters. The summed E-state index contributed by atoms with van der Waals surface area (Å²) < 4.78 is 5.12. The van der Waals surface area contributed by atoms with Gasteiger partial charge in [0.2, 0.25) is 0 Å². The fraction of sp³-hybridized carbons (Fsp3) is 0.955. The van der Waals surface area contributed by atoms with Crippen molar-refractivity contribution in [3.8, 4) is 0 Å². The Morgan fingerprint density at radius 1 is 1.21 bits per heavy atom. The third kappa shape index (κ3) is 4.17. The minimum absolute atomic E-state index is 0.0235. The molecule has 2 nitrogen and oxygen atoms in total. The minimum atomic E-state index is -0.0235. The van der Waals surface area contributed by atoms with E-state index in [9.17, 15) is 4.79 Å². The number of carbonyl (C=O) groups excluding carboxylic acids is 1. The molecule has 2 heteroatoms. The van der Waals surface area contributed by atoms with E-state index in [0.717, 1.165) is 24.2 Å². The van der Waals surface area contributed by atoms with Gasteiger partial charge in [0.15, 0.2) is 0 Å². The molecule has 0 aliphatic heterocycles. The Bertz CT molecular complexity index is 428. The first-order chi connectivity index (χ1) is 11.2. The zero-order valence-electron chi connectivity index (χ0n) is 17.0. The van der Waals surface area contributed by atoms with Gasteiger partial charge in [-0.15, -0.1) is 0 Å². The van der Waals surface area contributed by atoms with E-state index >= 15 is 0 Å². The lowest BCUT2D eigenvalue weighted by Crippen LogP contribution is -2.51. The van der Waals surface area contributed by atoms with E-state index in [4.69, 9.17) is 4.74 Å². The lowest BCUT2D eigenvalue weighted by molar-refractivity contribution is -0.144. The predicted octanol–water partition coefficient (Wildman–Crippen LogP) is 6.23. The summed E-state index contributed by atoms with van der Waals surface area (Å²) in [5, 5.41) is 0. The van der Waals surface area contributed by atoms with E-state index in [0.29, 0.717) is 29.8 Å². The second-order valence-corrected chi connectivity index (χ2v) is 9.75. The molecule has 0 spiro atoms. The topological polar surface area (TPSA) is 26.3 Å². The Kier molecular flexibility index (Phi) is 6.42. The summed E-state index contributed by atoms with van der Waals surface area (Å²) in [4.78, 5) is 11.7. The highest BCUT2D eigenvalue weighted by Gasteiger charge is 2.53. The van der Waals surface area contributed by atoms with Crippen LogP contribution in [0.2, 0.25) is 0 Å². The maximum Gasteiger partial charge on any atom is 0.306 e. The van der Waals surface area contributed by atoms with E-state index in [1.54, 1.807) is 0 Å². The van der Waals surface area contributed by atoms with Gasteiger partial charge in [0.05, 0.1) is 6.61 Å². The molecule has 0 amide bonds. The highest BCUT2D eigenvalue weighted by atomic mass is 16.5. The maximum atomic E-state index is 11.7. The molecule has 2 rings (SSSR count). The zero-order chi connectivity index (χ0) is 18.0. The molecule has 140 valence electrons. The summed E-state index contributed by atoms with van der Waals surface area (Å²) in [5.74, 6) is 2.94. The van der Waals surface area contributed by atoms with Gasteiger partial charge in [-0.2, -0.15) is 0 Å². The van der Waals surface area contributed by atoms with E-state index in [2.05, 4.69) is 34.6 Å². The van der Waals surface area contributed by atoms with Crippen molar-refractivity contribution in [2.24, 2.45) is 34.5 Å². The molecular formula is C22H40O2. The first kappa shape index (κ1) is 19.8. The van der Waals surface area contributed by atoms with Gasteiger partial charge in [-0.3, -0.25) is 4.79 Å². The van der Waals surface area contributed by atoms with Crippen LogP contribution in [-0.4, -0.2) is 12.6 Å². The van der Waals surface area contributed by atoms with Crippen LogP contribution in [-0.2, 0) is 9.53 Å². The van der Waals surface area contributed by atoms with E-state index in [-0.39, 0.29) is 5.97 Å². The Labute approximate surface area is 150 Å². The lowest BCUT2D eigenvalue weighted by Gasteiger charge is -2.59. The molecule has 2 fully saturated rings. The fourth-order valence-electron chi connectivity index (χ4n) is 6.30. The first-order valence-corrected chi connectivity index (χ1v) is 10.4. The number of hydrogen-bond acceptors (Lipinski definition) is 2. The maximum absolute atomic E-state index is 11.7. The third-order valence-electron chi connectivity index (χ3n) is 7.51. The van der Waals surface area contributed by atoms with Crippen molar-refractivity contribution in [1.29, 1.82) is 0 Å². The molecule has 0 heterocycles. The van der Waals surface area contributed by atoms with Crippen LogP contribution in [0.4, 0.5) is 0 Å². The second kappa shape index (κ2) is 7.79. The van der Waals surface area contributed by atoms with Gasteiger partial charge in [0.1, 0.15) is 0 Å². The normalized spacial score (nSPS) is 36.7. The molecule has 2 saturated carbocycles. The third-order valence-corrected chi connectivity index (χ3v) is 7.51. The largest absolute Gasteiger partial charge is 0.466 e. The van der Waals surface area contributed by atoms with Crippen molar-refractivity contribution in [1.82, 2.24) is 0 Å². The van der Waals surface area contributed by atoms with Crippen molar-refractivity contribution in [2.75, 3.05) is 6.61 Å². The summed E-state index contributed by atoms with van der Waals surface area (Å²) in [6, 6.07) is 0. The molecule has 0 radical (unpaired) electrons. The number of fused-ring (bicyclic) bond motifs is 1. The van der Waals surface area contributed by atoms with Gasteiger partial charge in [0.25, 0.3) is 0 Å². The van der Waals surface area contributed by atoms with Crippen LogP contribution in [0, 0.1) is 34.5 Å². The molecule has 2 aliphatic carbocycles. The smallest absolute Gasteiger partial charge is 0.306 e. The molecule has 0 aromatic heterocycles. The van der Waals surface area contributed by atoms with Crippen LogP contribution in [0.25, 0.3) is 0 Å². The minimum Gasteiger partial charge on any atom is -0.466 e. The number of esters is 1. The summed E-state index contributed by atoms with van der Waals surface area (Å²) in [5.41, 5.74) is 1.00. The van der Waals surface area contributed by atoms with Crippen LogP contribution in [0.15, 0.2) is 0 Å². The van der Waals surface area contributed by atoms with Gasteiger partial charge in [-0.05, 0) is 73.5 Å². The molecule has 0 bridgehead atoms. The van der Waals surface area contributed by atoms with E-state index in [1.165, 1.54) is 38.5 Å². The van der Waals surface area contributed by atoms with Crippen molar-refractivity contribution in [2.45, 2.75) is 92.9 Å². The highest BCUT2D eigenvalue weighted by Crippen LogP contribution is 2.62. The fourth-order valence-corrected chi connectivity index (χ4v) is 6.30. The molecule has 0 aromatic carbocycles. The Morgan fingerprint density at radius 2 is 1.92 bits per heavy atom. The van der Waals surface area contributed by atoms with Gasteiger partial charge in [0, 0.05) is 6.42 Å². The first-order valence-electron chi connectivity index (χ1n) is 10.4.